The van der Waals surface area contributed by atoms with E-state index in [2.05, 4.69) is 5.32 Å². The minimum Gasteiger partial charge on any atom is -0.497 e. The van der Waals surface area contributed by atoms with Gasteiger partial charge in [0.25, 0.3) is 0 Å². The minimum absolute atomic E-state index is 0.0409. The van der Waals surface area contributed by atoms with E-state index in [1.54, 1.807) is 25.1 Å². The van der Waals surface area contributed by atoms with Crippen LogP contribution < -0.4 is 19.1 Å². The zero-order valence-electron chi connectivity index (χ0n) is 19.5. The summed E-state index contributed by atoms with van der Waals surface area (Å²) in [6.45, 7) is 0.925. The number of likely N-dealkylation sites (N-methyl/N-ethyl adjacent to an activating group) is 1. The molecule has 2 rings (SSSR count). The SMILES string of the molecule is CNC(=O)[C@@H](C)N(Cc1ccc(Cl)cc1Cl)C(=O)CN(c1ccc(OC)cc1OC)S(C)(=O)=O. The van der Waals surface area contributed by atoms with E-state index in [1.807, 2.05) is 0 Å². The van der Waals surface area contributed by atoms with Crippen molar-refractivity contribution in [2.75, 3.05) is 38.4 Å². The van der Waals surface area contributed by atoms with Gasteiger partial charge in [0.2, 0.25) is 21.8 Å². The van der Waals surface area contributed by atoms with Crippen LogP contribution in [0.3, 0.4) is 0 Å². The van der Waals surface area contributed by atoms with Crippen molar-refractivity contribution < 1.29 is 27.5 Å². The summed E-state index contributed by atoms with van der Waals surface area (Å²) in [7, 11) is 0.373. The molecule has 0 spiro atoms. The van der Waals surface area contributed by atoms with E-state index >= 15 is 0 Å². The molecule has 0 radical (unpaired) electrons. The van der Waals surface area contributed by atoms with Gasteiger partial charge in [-0.2, -0.15) is 0 Å². The molecule has 0 aromatic heterocycles. The number of rotatable bonds is 10. The molecule has 0 saturated heterocycles. The highest BCUT2D eigenvalue weighted by atomic mass is 35.5. The highest BCUT2D eigenvalue weighted by molar-refractivity contribution is 7.92. The summed E-state index contributed by atoms with van der Waals surface area (Å²) in [5.41, 5.74) is 0.694. The summed E-state index contributed by atoms with van der Waals surface area (Å²) in [6, 6.07) is 8.41. The van der Waals surface area contributed by atoms with Crippen molar-refractivity contribution in [3.8, 4) is 11.5 Å². The first kappa shape index (κ1) is 27.6. The molecule has 0 bridgehead atoms. The molecule has 2 aromatic rings. The molecular formula is C22H27Cl2N3O6S. The predicted octanol–water partition coefficient (Wildman–Crippen LogP) is 2.94. The van der Waals surface area contributed by atoms with Gasteiger partial charge in [0, 0.05) is 29.7 Å². The van der Waals surface area contributed by atoms with Crippen LogP contribution in [0, 0.1) is 0 Å². The van der Waals surface area contributed by atoms with Crippen LogP contribution in [0.4, 0.5) is 5.69 Å². The maximum Gasteiger partial charge on any atom is 0.244 e. The van der Waals surface area contributed by atoms with E-state index in [0.717, 1.165) is 10.6 Å². The van der Waals surface area contributed by atoms with Crippen molar-refractivity contribution in [2.24, 2.45) is 0 Å². The van der Waals surface area contributed by atoms with E-state index in [0.29, 0.717) is 21.4 Å². The fraction of sp³-hybridized carbons (Fsp3) is 0.364. The summed E-state index contributed by atoms with van der Waals surface area (Å²) in [4.78, 5) is 27.1. The number of amides is 2. The van der Waals surface area contributed by atoms with Crippen molar-refractivity contribution in [3.63, 3.8) is 0 Å². The standard InChI is InChI=1S/C22H27Cl2N3O6S/c1-14(22(29)25-2)26(12-15-6-7-16(23)10-18(15)24)21(28)13-27(34(5,30)31)19-9-8-17(32-3)11-20(19)33-4/h6-11,14H,12-13H2,1-5H3,(H,25,29)/t14-/m1/s1. The monoisotopic (exact) mass is 531 g/mol. The van der Waals surface area contributed by atoms with E-state index in [-0.39, 0.29) is 18.0 Å². The van der Waals surface area contributed by atoms with Crippen LogP contribution in [0.15, 0.2) is 36.4 Å². The zero-order chi connectivity index (χ0) is 25.6. The van der Waals surface area contributed by atoms with Crippen molar-refractivity contribution >= 4 is 50.7 Å². The van der Waals surface area contributed by atoms with Gasteiger partial charge >= 0.3 is 0 Å². The molecule has 34 heavy (non-hydrogen) atoms. The Labute approximate surface area is 209 Å². The maximum absolute atomic E-state index is 13.4. The molecule has 0 unspecified atom stereocenters. The van der Waals surface area contributed by atoms with Gasteiger partial charge in [0.05, 0.1) is 26.2 Å². The molecular weight excluding hydrogens is 505 g/mol. The van der Waals surface area contributed by atoms with Gasteiger partial charge < -0.3 is 19.7 Å². The third-order valence-electron chi connectivity index (χ3n) is 5.10. The normalized spacial score (nSPS) is 12.0. The largest absolute Gasteiger partial charge is 0.497 e. The number of sulfonamides is 1. The van der Waals surface area contributed by atoms with Gasteiger partial charge in [-0.15, -0.1) is 0 Å². The Balaban J connectivity index is 2.48. The number of carbonyl (C=O) groups excluding carboxylic acids is 2. The van der Waals surface area contributed by atoms with Gasteiger partial charge in [-0.05, 0) is 36.8 Å². The number of anilines is 1. The number of hydrogen-bond donors (Lipinski definition) is 1. The smallest absolute Gasteiger partial charge is 0.244 e. The average Bonchev–Trinajstić information content (AvgIpc) is 2.79. The number of carbonyl (C=O) groups is 2. The molecule has 1 atom stereocenters. The lowest BCUT2D eigenvalue weighted by molar-refractivity contribution is -0.139. The highest BCUT2D eigenvalue weighted by Gasteiger charge is 2.31. The Morgan fingerprint density at radius 1 is 1.09 bits per heavy atom. The van der Waals surface area contributed by atoms with E-state index in [4.69, 9.17) is 32.7 Å². The maximum atomic E-state index is 13.4. The molecule has 12 heteroatoms. The third kappa shape index (κ3) is 6.68. The lowest BCUT2D eigenvalue weighted by Crippen LogP contribution is -2.50. The molecule has 0 fully saturated rings. The summed E-state index contributed by atoms with van der Waals surface area (Å²) >= 11 is 12.2. The second-order valence-electron chi connectivity index (χ2n) is 7.36. The van der Waals surface area contributed by atoms with Crippen LogP contribution >= 0.6 is 23.2 Å². The molecule has 0 saturated carbocycles. The number of halogens is 2. The molecule has 0 aliphatic carbocycles. The molecule has 0 aliphatic heterocycles. The van der Waals surface area contributed by atoms with Crippen molar-refractivity contribution in [3.05, 3.63) is 52.0 Å². The van der Waals surface area contributed by atoms with E-state index in [9.17, 15) is 18.0 Å². The first-order valence-corrected chi connectivity index (χ1v) is 12.7. The predicted molar refractivity (Wildman–Crippen MR) is 132 cm³/mol. The Morgan fingerprint density at radius 2 is 1.76 bits per heavy atom. The van der Waals surface area contributed by atoms with Crippen molar-refractivity contribution in [1.82, 2.24) is 10.2 Å². The molecule has 2 aromatic carbocycles. The molecule has 9 nitrogen and oxygen atoms in total. The average molecular weight is 532 g/mol. The minimum atomic E-state index is -3.92. The quantitative estimate of drug-likeness (QED) is 0.505. The summed E-state index contributed by atoms with van der Waals surface area (Å²) in [6.07, 6.45) is 0.979. The molecule has 2 amide bonds. The fourth-order valence-corrected chi connectivity index (χ4v) is 4.53. The second kappa shape index (κ2) is 11.6. The third-order valence-corrected chi connectivity index (χ3v) is 6.82. The topological polar surface area (TPSA) is 105 Å². The first-order chi connectivity index (χ1) is 15.9. The van der Waals surface area contributed by atoms with Gasteiger partial charge in [-0.3, -0.25) is 13.9 Å². The first-order valence-electron chi connectivity index (χ1n) is 10.1. The molecule has 186 valence electrons. The number of ether oxygens (including phenoxy) is 2. The molecule has 0 heterocycles. The van der Waals surface area contributed by atoms with Gasteiger partial charge in [-0.25, -0.2) is 8.42 Å². The van der Waals surface area contributed by atoms with Crippen LogP contribution in [-0.4, -0.2) is 65.2 Å². The Hall–Kier alpha value is -2.69. The van der Waals surface area contributed by atoms with Gasteiger partial charge in [-0.1, -0.05) is 29.3 Å². The Morgan fingerprint density at radius 3 is 2.29 bits per heavy atom. The van der Waals surface area contributed by atoms with Gasteiger partial charge in [0.15, 0.2) is 0 Å². The van der Waals surface area contributed by atoms with Crippen LogP contribution in [0.25, 0.3) is 0 Å². The lowest BCUT2D eigenvalue weighted by atomic mass is 10.1. The number of nitrogens with one attached hydrogen (secondary N) is 1. The zero-order valence-corrected chi connectivity index (χ0v) is 21.8. The molecule has 0 aliphatic rings. The highest BCUT2D eigenvalue weighted by Crippen LogP contribution is 2.34. The van der Waals surface area contributed by atoms with Crippen molar-refractivity contribution in [1.29, 1.82) is 0 Å². The number of hydrogen-bond acceptors (Lipinski definition) is 6. The van der Waals surface area contributed by atoms with E-state index in [1.165, 1.54) is 44.4 Å². The Bertz CT molecular complexity index is 1160. The second-order valence-corrected chi connectivity index (χ2v) is 10.1. The van der Waals surface area contributed by atoms with Gasteiger partial charge in [0.1, 0.15) is 24.1 Å². The fourth-order valence-electron chi connectivity index (χ4n) is 3.21. The van der Waals surface area contributed by atoms with Crippen LogP contribution in [-0.2, 0) is 26.2 Å². The number of methoxy groups -OCH3 is 2. The van der Waals surface area contributed by atoms with Crippen LogP contribution in [0.5, 0.6) is 11.5 Å². The van der Waals surface area contributed by atoms with E-state index < -0.39 is 34.4 Å². The summed E-state index contributed by atoms with van der Waals surface area (Å²) < 4.78 is 36.8. The number of nitrogens with zero attached hydrogens (tertiary/aromatic N) is 2. The van der Waals surface area contributed by atoms with Crippen LogP contribution in [0.1, 0.15) is 12.5 Å². The number of benzene rings is 2. The lowest BCUT2D eigenvalue weighted by Gasteiger charge is -2.31. The summed E-state index contributed by atoms with van der Waals surface area (Å²) in [5, 5.41) is 3.23. The van der Waals surface area contributed by atoms with Crippen molar-refractivity contribution in [2.45, 2.75) is 19.5 Å². The Kier molecular flexibility index (Phi) is 9.43. The molecule has 1 N–H and O–H groups in total. The van der Waals surface area contributed by atoms with Crippen LogP contribution in [0.2, 0.25) is 10.0 Å². The summed E-state index contributed by atoms with van der Waals surface area (Å²) in [5.74, 6) is -0.395.